The lowest BCUT2D eigenvalue weighted by molar-refractivity contribution is 0.383. The molecule has 0 aliphatic rings. The summed E-state index contributed by atoms with van der Waals surface area (Å²) in [5, 5.41) is 3.40. The van der Waals surface area contributed by atoms with Crippen LogP contribution in [0.25, 0.3) is 0 Å². The molecule has 106 valence electrons. The Hall–Kier alpha value is -2.14. The van der Waals surface area contributed by atoms with Gasteiger partial charge in [-0.2, -0.15) is 0 Å². The summed E-state index contributed by atoms with van der Waals surface area (Å²) in [4.78, 5) is 8.62. The SMILES string of the molecule is CCNC(c1ccc(OC)cc1)c1nccnc1OC. The number of ether oxygens (including phenoxy) is 2. The van der Waals surface area contributed by atoms with Gasteiger partial charge in [-0.3, -0.25) is 4.98 Å². The molecule has 0 saturated heterocycles. The fraction of sp³-hybridized carbons (Fsp3) is 0.333. The van der Waals surface area contributed by atoms with Crippen LogP contribution in [0.4, 0.5) is 0 Å². The summed E-state index contributed by atoms with van der Waals surface area (Å²) < 4.78 is 10.5. The Morgan fingerprint density at radius 1 is 1.05 bits per heavy atom. The van der Waals surface area contributed by atoms with E-state index in [0.717, 1.165) is 23.6 Å². The summed E-state index contributed by atoms with van der Waals surface area (Å²) >= 11 is 0. The van der Waals surface area contributed by atoms with Crippen LogP contribution in [0, 0.1) is 0 Å². The predicted molar refractivity (Wildman–Crippen MR) is 77.1 cm³/mol. The molecule has 0 spiro atoms. The molecule has 0 saturated carbocycles. The number of nitrogens with zero attached hydrogens (tertiary/aromatic N) is 2. The second-order valence-corrected chi connectivity index (χ2v) is 4.21. The Bertz CT molecular complexity index is 543. The van der Waals surface area contributed by atoms with Crippen molar-refractivity contribution in [2.75, 3.05) is 20.8 Å². The molecule has 1 heterocycles. The molecular weight excluding hydrogens is 254 g/mol. The Labute approximate surface area is 119 Å². The zero-order valence-electron chi connectivity index (χ0n) is 12.0. The van der Waals surface area contributed by atoms with Gasteiger partial charge in [0.2, 0.25) is 5.88 Å². The minimum absolute atomic E-state index is 0.0606. The molecule has 0 aliphatic heterocycles. The van der Waals surface area contributed by atoms with Gasteiger partial charge in [-0.25, -0.2) is 4.98 Å². The van der Waals surface area contributed by atoms with Crippen molar-refractivity contribution in [2.45, 2.75) is 13.0 Å². The van der Waals surface area contributed by atoms with Gasteiger partial charge in [-0.1, -0.05) is 19.1 Å². The van der Waals surface area contributed by atoms with Crippen molar-refractivity contribution in [3.63, 3.8) is 0 Å². The Kier molecular flexibility index (Phi) is 4.90. The van der Waals surface area contributed by atoms with Gasteiger partial charge in [0.05, 0.1) is 20.3 Å². The third-order valence-corrected chi connectivity index (χ3v) is 3.02. The normalized spacial score (nSPS) is 11.9. The number of benzene rings is 1. The first-order valence-corrected chi connectivity index (χ1v) is 6.52. The van der Waals surface area contributed by atoms with E-state index in [0.29, 0.717) is 5.88 Å². The summed E-state index contributed by atoms with van der Waals surface area (Å²) in [6.45, 7) is 2.87. The van der Waals surface area contributed by atoms with E-state index < -0.39 is 0 Å². The van der Waals surface area contributed by atoms with Gasteiger partial charge < -0.3 is 14.8 Å². The first-order valence-electron chi connectivity index (χ1n) is 6.52. The van der Waals surface area contributed by atoms with Crippen LogP contribution >= 0.6 is 0 Å². The van der Waals surface area contributed by atoms with E-state index in [2.05, 4.69) is 22.2 Å². The molecule has 0 bridgehead atoms. The maximum absolute atomic E-state index is 5.30. The Balaban J connectivity index is 2.39. The third-order valence-electron chi connectivity index (χ3n) is 3.02. The average Bonchev–Trinajstić information content (AvgIpc) is 2.53. The van der Waals surface area contributed by atoms with Gasteiger partial charge in [0, 0.05) is 12.4 Å². The molecule has 1 aromatic carbocycles. The summed E-state index contributed by atoms with van der Waals surface area (Å²) in [6, 6.07) is 7.83. The smallest absolute Gasteiger partial charge is 0.237 e. The topological polar surface area (TPSA) is 56.3 Å². The van der Waals surface area contributed by atoms with Crippen LogP contribution < -0.4 is 14.8 Å². The molecule has 1 aromatic heterocycles. The minimum Gasteiger partial charge on any atom is -0.497 e. The summed E-state index contributed by atoms with van der Waals surface area (Å²) in [5.41, 5.74) is 1.87. The fourth-order valence-electron chi connectivity index (χ4n) is 2.06. The number of hydrogen-bond donors (Lipinski definition) is 1. The van der Waals surface area contributed by atoms with Crippen molar-refractivity contribution in [2.24, 2.45) is 0 Å². The Morgan fingerprint density at radius 2 is 1.75 bits per heavy atom. The first-order chi connectivity index (χ1) is 9.80. The standard InChI is InChI=1S/C15H19N3O2/c1-4-16-13(11-5-7-12(19-2)8-6-11)14-15(20-3)18-10-9-17-14/h5-10,13,16H,4H2,1-3H3. The average molecular weight is 273 g/mol. The summed E-state index contributed by atoms with van der Waals surface area (Å²) in [6.07, 6.45) is 3.30. The van der Waals surface area contributed by atoms with Crippen molar-refractivity contribution in [1.82, 2.24) is 15.3 Å². The highest BCUT2D eigenvalue weighted by Crippen LogP contribution is 2.27. The van der Waals surface area contributed by atoms with E-state index in [9.17, 15) is 0 Å². The van der Waals surface area contributed by atoms with E-state index in [1.807, 2.05) is 24.3 Å². The highest BCUT2D eigenvalue weighted by atomic mass is 16.5. The highest BCUT2D eigenvalue weighted by molar-refractivity contribution is 5.36. The van der Waals surface area contributed by atoms with Crippen LogP contribution in [-0.2, 0) is 0 Å². The predicted octanol–water partition coefficient (Wildman–Crippen LogP) is 2.19. The molecule has 1 atom stereocenters. The van der Waals surface area contributed by atoms with Crippen LogP contribution in [0.15, 0.2) is 36.7 Å². The molecule has 2 aromatic rings. The van der Waals surface area contributed by atoms with E-state index in [4.69, 9.17) is 9.47 Å². The van der Waals surface area contributed by atoms with Crippen LogP contribution in [0.3, 0.4) is 0 Å². The van der Waals surface area contributed by atoms with Crippen molar-refractivity contribution in [1.29, 1.82) is 0 Å². The van der Waals surface area contributed by atoms with E-state index in [1.165, 1.54) is 0 Å². The zero-order valence-corrected chi connectivity index (χ0v) is 12.0. The van der Waals surface area contributed by atoms with Crippen LogP contribution in [0.5, 0.6) is 11.6 Å². The third kappa shape index (κ3) is 3.05. The van der Waals surface area contributed by atoms with Gasteiger partial charge in [0.25, 0.3) is 0 Å². The van der Waals surface area contributed by atoms with Gasteiger partial charge >= 0.3 is 0 Å². The minimum atomic E-state index is -0.0606. The number of nitrogens with one attached hydrogen (secondary N) is 1. The number of aromatic nitrogens is 2. The highest BCUT2D eigenvalue weighted by Gasteiger charge is 2.19. The lowest BCUT2D eigenvalue weighted by Crippen LogP contribution is -2.23. The van der Waals surface area contributed by atoms with E-state index >= 15 is 0 Å². The van der Waals surface area contributed by atoms with Gasteiger partial charge in [-0.05, 0) is 24.2 Å². The molecule has 0 amide bonds. The van der Waals surface area contributed by atoms with Gasteiger partial charge in [-0.15, -0.1) is 0 Å². The maximum atomic E-state index is 5.30. The molecular formula is C15H19N3O2. The van der Waals surface area contributed by atoms with Crippen LogP contribution in [0.2, 0.25) is 0 Å². The molecule has 5 heteroatoms. The largest absolute Gasteiger partial charge is 0.497 e. The lowest BCUT2D eigenvalue weighted by atomic mass is 10.0. The molecule has 0 aliphatic carbocycles. The fourth-order valence-corrected chi connectivity index (χ4v) is 2.06. The quantitative estimate of drug-likeness (QED) is 0.874. The second kappa shape index (κ2) is 6.86. The molecule has 20 heavy (non-hydrogen) atoms. The van der Waals surface area contributed by atoms with Crippen molar-refractivity contribution < 1.29 is 9.47 Å². The lowest BCUT2D eigenvalue weighted by Gasteiger charge is -2.19. The summed E-state index contributed by atoms with van der Waals surface area (Å²) in [7, 11) is 3.26. The molecule has 0 fully saturated rings. The first kappa shape index (κ1) is 14.3. The maximum Gasteiger partial charge on any atom is 0.237 e. The number of rotatable bonds is 6. The molecule has 1 N–H and O–H groups in total. The Morgan fingerprint density at radius 3 is 2.35 bits per heavy atom. The molecule has 2 rings (SSSR count). The van der Waals surface area contributed by atoms with E-state index in [-0.39, 0.29) is 6.04 Å². The molecule has 1 unspecified atom stereocenters. The van der Waals surface area contributed by atoms with Gasteiger partial charge in [0.1, 0.15) is 11.4 Å². The van der Waals surface area contributed by atoms with Crippen molar-refractivity contribution in [3.8, 4) is 11.6 Å². The zero-order chi connectivity index (χ0) is 14.4. The monoisotopic (exact) mass is 273 g/mol. The molecule has 5 nitrogen and oxygen atoms in total. The van der Waals surface area contributed by atoms with Crippen LogP contribution in [-0.4, -0.2) is 30.7 Å². The summed E-state index contributed by atoms with van der Waals surface area (Å²) in [5.74, 6) is 1.37. The van der Waals surface area contributed by atoms with Crippen LogP contribution in [0.1, 0.15) is 24.2 Å². The van der Waals surface area contributed by atoms with Crippen molar-refractivity contribution in [3.05, 3.63) is 47.9 Å². The number of hydrogen-bond acceptors (Lipinski definition) is 5. The van der Waals surface area contributed by atoms with E-state index in [1.54, 1.807) is 26.6 Å². The van der Waals surface area contributed by atoms with Crippen molar-refractivity contribution >= 4 is 0 Å². The van der Waals surface area contributed by atoms with Gasteiger partial charge in [0.15, 0.2) is 0 Å². The number of methoxy groups -OCH3 is 2. The molecule has 0 radical (unpaired) electrons. The second-order valence-electron chi connectivity index (χ2n) is 4.21.